The molecule has 0 aliphatic heterocycles. The van der Waals surface area contributed by atoms with Crippen LogP contribution in [0.15, 0.2) is 54.6 Å². The Bertz CT molecular complexity index is 979. The quantitative estimate of drug-likeness (QED) is 0.647. The van der Waals surface area contributed by atoms with E-state index < -0.39 is 5.97 Å². The summed E-state index contributed by atoms with van der Waals surface area (Å²) in [4.78, 5) is 26.0. The monoisotopic (exact) mass is 381 g/mol. The van der Waals surface area contributed by atoms with E-state index in [4.69, 9.17) is 9.47 Å². The average Bonchev–Trinajstić information content (AvgIpc) is 3.03. The Morgan fingerprint density at radius 1 is 0.963 bits per heavy atom. The molecule has 0 atom stereocenters. The van der Waals surface area contributed by atoms with Crippen LogP contribution in [0.2, 0.25) is 0 Å². The molecule has 0 spiro atoms. The van der Waals surface area contributed by atoms with Gasteiger partial charge in [0.15, 0.2) is 0 Å². The molecule has 0 unspecified atom stereocenters. The zero-order valence-corrected chi connectivity index (χ0v) is 16.1. The molecule has 5 nitrogen and oxygen atoms in total. The normalized spacial score (nSPS) is 10.3. The third-order valence-corrected chi connectivity index (χ3v) is 5.41. The van der Waals surface area contributed by atoms with Crippen molar-refractivity contribution in [2.45, 2.75) is 6.92 Å². The summed E-state index contributed by atoms with van der Waals surface area (Å²) in [6, 6.07) is 16.6. The van der Waals surface area contributed by atoms with Crippen molar-refractivity contribution in [1.29, 1.82) is 0 Å². The van der Waals surface area contributed by atoms with Crippen molar-refractivity contribution >= 4 is 28.2 Å². The smallest absolute Gasteiger partial charge is 0.341 e. The Kier molecular flexibility index (Phi) is 5.57. The second kappa shape index (κ2) is 8.05. The second-order valence-corrected chi connectivity index (χ2v) is 6.79. The van der Waals surface area contributed by atoms with E-state index in [0.29, 0.717) is 21.9 Å². The molecular formula is C21H19NO4S. The number of rotatable bonds is 5. The van der Waals surface area contributed by atoms with E-state index in [-0.39, 0.29) is 5.91 Å². The number of carbonyl (C=O) groups excluding carboxylic acids is 2. The van der Waals surface area contributed by atoms with Gasteiger partial charge < -0.3 is 14.8 Å². The highest BCUT2D eigenvalue weighted by Crippen LogP contribution is 2.40. The van der Waals surface area contributed by atoms with Gasteiger partial charge in [0.1, 0.15) is 10.8 Å². The lowest BCUT2D eigenvalue weighted by atomic mass is 10.1. The molecule has 0 radical (unpaired) electrons. The fraction of sp³-hybridized carbons (Fsp3) is 0.143. The number of ether oxygens (including phenoxy) is 2. The van der Waals surface area contributed by atoms with E-state index in [1.807, 2.05) is 37.3 Å². The summed E-state index contributed by atoms with van der Waals surface area (Å²) >= 11 is 1.35. The van der Waals surface area contributed by atoms with Crippen LogP contribution in [0.3, 0.4) is 0 Å². The molecule has 1 N–H and O–H groups in total. The van der Waals surface area contributed by atoms with E-state index in [1.54, 1.807) is 24.3 Å². The van der Waals surface area contributed by atoms with Crippen LogP contribution in [0.1, 0.15) is 26.3 Å². The molecule has 0 saturated carbocycles. The van der Waals surface area contributed by atoms with Gasteiger partial charge in [0, 0.05) is 4.88 Å². The van der Waals surface area contributed by atoms with Gasteiger partial charge in [-0.15, -0.1) is 11.3 Å². The van der Waals surface area contributed by atoms with Gasteiger partial charge in [0.2, 0.25) is 0 Å². The largest absolute Gasteiger partial charge is 0.496 e. The predicted molar refractivity (Wildman–Crippen MR) is 107 cm³/mol. The van der Waals surface area contributed by atoms with Gasteiger partial charge >= 0.3 is 5.97 Å². The Hall–Kier alpha value is -3.12. The topological polar surface area (TPSA) is 64.6 Å². The SMILES string of the molecule is COC(=O)c1c(NC(=O)c2ccccc2OC)sc(-c2ccccc2)c1C. The Balaban J connectivity index is 2.04. The van der Waals surface area contributed by atoms with Crippen molar-refractivity contribution in [3.8, 4) is 16.2 Å². The first-order valence-corrected chi connectivity index (χ1v) is 9.10. The van der Waals surface area contributed by atoms with Gasteiger partial charge in [0.25, 0.3) is 5.91 Å². The fourth-order valence-electron chi connectivity index (χ4n) is 2.82. The maximum absolute atomic E-state index is 12.8. The van der Waals surface area contributed by atoms with Crippen LogP contribution in [0.4, 0.5) is 5.00 Å². The van der Waals surface area contributed by atoms with Crippen LogP contribution in [-0.4, -0.2) is 26.1 Å². The lowest BCUT2D eigenvalue weighted by molar-refractivity contribution is 0.0601. The number of para-hydroxylation sites is 1. The molecule has 0 fully saturated rings. The van der Waals surface area contributed by atoms with Gasteiger partial charge in [-0.25, -0.2) is 4.79 Å². The minimum Gasteiger partial charge on any atom is -0.496 e. The summed E-state index contributed by atoms with van der Waals surface area (Å²) < 4.78 is 10.2. The number of nitrogens with one attached hydrogen (secondary N) is 1. The number of carbonyl (C=O) groups is 2. The first kappa shape index (κ1) is 18.7. The summed E-state index contributed by atoms with van der Waals surface area (Å²) in [6.45, 7) is 1.85. The Labute approximate surface area is 161 Å². The lowest BCUT2D eigenvalue weighted by Crippen LogP contribution is -2.15. The van der Waals surface area contributed by atoms with E-state index in [0.717, 1.165) is 16.0 Å². The molecule has 1 heterocycles. The third kappa shape index (κ3) is 3.71. The van der Waals surface area contributed by atoms with E-state index in [9.17, 15) is 9.59 Å². The number of benzene rings is 2. The number of amides is 1. The first-order chi connectivity index (χ1) is 13.1. The number of anilines is 1. The molecule has 0 aliphatic rings. The molecule has 0 aliphatic carbocycles. The van der Waals surface area contributed by atoms with Gasteiger partial charge in [-0.3, -0.25) is 4.79 Å². The zero-order chi connectivity index (χ0) is 19.4. The summed E-state index contributed by atoms with van der Waals surface area (Å²) in [5.74, 6) is -0.370. The van der Waals surface area contributed by atoms with Gasteiger partial charge in [-0.1, -0.05) is 42.5 Å². The Morgan fingerprint density at radius 2 is 1.63 bits per heavy atom. The molecule has 138 valence electrons. The highest BCUT2D eigenvalue weighted by atomic mass is 32.1. The van der Waals surface area contributed by atoms with Crippen molar-refractivity contribution in [3.05, 3.63) is 71.3 Å². The summed E-state index contributed by atoms with van der Waals surface area (Å²) in [5.41, 5.74) is 2.50. The second-order valence-electron chi connectivity index (χ2n) is 5.77. The Morgan fingerprint density at radius 3 is 2.30 bits per heavy atom. The van der Waals surface area contributed by atoms with Crippen LogP contribution in [0.25, 0.3) is 10.4 Å². The molecule has 2 aromatic carbocycles. The number of hydrogen-bond acceptors (Lipinski definition) is 5. The van der Waals surface area contributed by atoms with Crippen LogP contribution < -0.4 is 10.1 Å². The van der Waals surface area contributed by atoms with Crippen LogP contribution in [0, 0.1) is 6.92 Å². The molecule has 1 aromatic heterocycles. The number of thiophene rings is 1. The molecule has 0 saturated heterocycles. The first-order valence-electron chi connectivity index (χ1n) is 8.28. The predicted octanol–water partition coefficient (Wildman–Crippen LogP) is 4.77. The minimum absolute atomic E-state index is 0.349. The molecule has 3 aromatic rings. The number of hydrogen-bond donors (Lipinski definition) is 1. The van der Waals surface area contributed by atoms with Gasteiger partial charge in [-0.2, -0.15) is 0 Å². The summed E-state index contributed by atoms with van der Waals surface area (Å²) in [7, 11) is 2.84. The minimum atomic E-state index is -0.485. The standard InChI is InChI=1S/C21H19NO4S/c1-13-17(21(24)26-3)20(27-18(13)14-9-5-4-6-10-14)22-19(23)15-11-7-8-12-16(15)25-2/h4-12H,1-3H3,(H,22,23). The van der Waals surface area contributed by atoms with Crippen LogP contribution in [0.5, 0.6) is 5.75 Å². The highest BCUT2D eigenvalue weighted by molar-refractivity contribution is 7.20. The van der Waals surface area contributed by atoms with Crippen molar-refractivity contribution in [2.24, 2.45) is 0 Å². The molecule has 27 heavy (non-hydrogen) atoms. The van der Waals surface area contributed by atoms with Crippen LogP contribution in [-0.2, 0) is 4.74 Å². The van der Waals surface area contributed by atoms with Gasteiger partial charge in [0.05, 0.1) is 25.3 Å². The number of methoxy groups -OCH3 is 2. The van der Waals surface area contributed by atoms with Crippen molar-refractivity contribution in [2.75, 3.05) is 19.5 Å². The van der Waals surface area contributed by atoms with E-state index in [1.165, 1.54) is 25.6 Å². The van der Waals surface area contributed by atoms with Crippen molar-refractivity contribution in [1.82, 2.24) is 0 Å². The van der Waals surface area contributed by atoms with Crippen molar-refractivity contribution in [3.63, 3.8) is 0 Å². The molecular weight excluding hydrogens is 362 g/mol. The molecule has 1 amide bonds. The maximum Gasteiger partial charge on any atom is 0.341 e. The third-order valence-electron chi connectivity index (χ3n) is 4.15. The fourth-order valence-corrected chi connectivity index (χ4v) is 4.01. The molecule has 0 bridgehead atoms. The van der Waals surface area contributed by atoms with Crippen LogP contribution >= 0.6 is 11.3 Å². The highest BCUT2D eigenvalue weighted by Gasteiger charge is 2.24. The zero-order valence-electron chi connectivity index (χ0n) is 15.2. The summed E-state index contributed by atoms with van der Waals surface area (Å²) in [5, 5.41) is 3.30. The summed E-state index contributed by atoms with van der Waals surface area (Å²) in [6.07, 6.45) is 0. The van der Waals surface area contributed by atoms with Gasteiger partial charge in [-0.05, 0) is 30.2 Å². The van der Waals surface area contributed by atoms with E-state index in [2.05, 4.69) is 5.32 Å². The maximum atomic E-state index is 12.8. The molecule has 6 heteroatoms. The number of esters is 1. The lowest BCUT2D eigenvalue weighted by Gasteiger charge is -2.09. The van der Waals surface area contributed by atoms with E-state index >= 15 is 0 Å². The van der Waals surface area contributed by atoms with Crippen molar-refractivity contribution < 1.29 is 19.1 Å². The molecule has 3 rings (SSSR count). The average molecular weight is 381 g/mol.